The van der Waals surface area contributed by atoms with Crippen molar-refractivity contribution in [3.05, 3.63) is 59.0 Å². The predicted octanol–water partition coefficient (Wildman–Crippen LogP) is 3.14. The highest BCUT2D eigenvalue weighted by molar-refractivity contribution is 7.08. The van der Waals surface area contributed by atoms with E-state index in [4.69, 9.17) is 14.8 Å². The molecule has 4 aromatic heterocycles. The van der Waals surface area contributed by atoms with Crippen molar-refractivity contribution in [2.45, 2.75) is 0 Å². The molecule has 0 aliphatic carbocycles. The van der Waals surface area contributed by atoms with E-state index in [-0.39, 0.29) is 0 Å². The van der Waals surface area contributed by atoms with Crippen LogP contribution in [-0.4, -0.2) is 52.1 Å². The van der Waals surface area contributed by atoms with Crippen LogP contribution in [0, 0.1) is 0 Å². The van der Waals surface area contributed by atoms with Crippen molar-refractivity contribution in [1.82, 2.24) is 19.6 Å². The van der Waals surface area contributed by atoms with Crippen LogP contribution in [0.2, 0.25) is 0 Å². The first-order valence-electron chi connectivity index (χ1n) is 9.32. The highest BCUT2D eigenvalue weighted by Crippen LogP contribution is 2.25. The van der Waals surface area contributed by atoms with Gasteiger partial charge < -0.3 is 9.64 Å². The van der Waals surface area contributed by atoms with Crippen molar-refractivity contribution < 1.29 is 4.74 Å². The molecule has 1 fully saturated rings. The minimum absolute atomic E-state index is 0.673. The van der Waals surface area contributed by atoms with E-state index < -0.39 is 0 Å². The van der Waals surface area contributed by atoms with Crippen LogP contribution >= 0.6 is 11.3 Å². The number of anilines is 2. The molecule has 0 saturated carbocycles. The van der Waals surface area contributed by atoms with E-state index in [0.29, 0.717) is 19.0 Å². The van der Waals surface area contributed by atoms with Gasteiger partial charge in [0.2, 0.25) is 0 Å². The summed E-state index contributed by atoms with van der Waals surface area (Å²) < 4.78 is 7.40. The lowest BCUT2D eigenvalue weighted by Crippen LogP contribution is -2.37. The van der Waals surface area contributed by atoms with Crippen molar-refractivity contribution in [2.75, 3.05) is 36.6 Å². The Bertz CT molecular complexity index is 1120. The van der Waals surface area contributed by atoms with Crippen LogP contribution in [0.25, 0.3) is 16.9 Å². The average Bonchev–Trinajstić information content (AvgIpc) is 3.44. The summed E-state index contributed by atoms with van der Waals surface area (Å²) in [4.78, 5) is 11.0. The maximum absolute atomic E-state index is 5.51. The molecule has 1 aliphatic rings. The zero-order valence-corrected chi connectivity index (χ0v) is 16.4. The van der Waals surface area contributed by atoms with E-state index in [0.717, 1.165) is 41.4 Å². The number of hydrogen-bond acceptors (Lipinski definition) is 8. The monoisotopic (exact) mass is 405 g/mol. The smallest absolute Gasteiger partial charge is 0.160 e. The lowest BCUT2D eigenvalue weighted by Gasteiger charge is -2.29. The number of nitrogens with zero attached hydrogens (tertiary/aromatic N) is 6. The Hall–Kier alpha value is -3.30. The van der Waals surface area contributed by atoms with Gasteiger partial charge in [-0.25, -0.2) is 4.98 Å². The molecular weight excluding hydrogens is 386 g/mol. The first kappa shape index (κ1) is 17.8. The van der Waals surface area contributed by atoms with E-state index in [9.17, 15) is 0 Å². The molecule has 0 bridgehead atoms. The Morgan fingerprint density at radius 1 is 1.14 bits per heavy atom. The Balaban J connectivity index is 1.53. The molecule has 0 spiro atoms. The number of pyridine rings is 1. The van der Waals surface area contributed by atoms with Gasteiger partial charge in [0.05, 0.1) is 25.1 Å². The Morgan fingerprint density at radius 3 is 2.79 bits per heavy atom. The third kappa shape index (κ3) is 3.82. The van der Waals surface area contributed by atoms with Gasteiger partial charge in [-0.3, -0.25) is 10.4 Å². The van der Waals surface area contributed by atoms with Crippen molar-refractivity contribution in [1.29, 1.82) is 0 Å². The molecule has 0 radical (unpaired) electrons. The number of rotatable bonds is 5. The molecule has 8 nitrogen and oxygen atoms in total. The second kappa shape index (κ2) is 7.98. The number of thiophene rings is 1. The number of hydrogen-bond donors (Lipinski definition) is 1. The second-order valence-corrected chi connectivity index (χ2v) is 7.34. The van der Waals surface area contributed by atoms with E-state index in [1.54, 1.807) is 29.9 Å². The zero-order valence-electron chi connectivity index (χ0n) is 15.6. The molecule has 5 heterocycles. The maximum atomic E-state index is 5.51. The van der Waals surface area contributed by atoms with Crippen molar-refractivity contribution >= 4 is 34.8 Å². The number of nitrogens with one attached hydrogen (secondary N) is 1. The van der Waals surface area contributed by atoms with Crippen LogP contribution in [0.4, 0.5) is 11.6 Å². The molecule has 0 amide bonds. The minimum atomic E-state index is 0.673. The highest BCUT2D eigenvalue weighted by Gasteiger charge is 2.18. The summed E-state index contributed by atoms with van der Waals surface area (Å²) in [5.74, 6) is 1.64. The van der Waals surface area contributed by atoms with Crippen LogP contribution in [-0.2, 0) is 4.74 Å². The summed E-state index contributed by atoms with van der Waals surface area (Å²) in [5.41, 5.74) is 6.73. The molecule has 1 saturated heterocycles. The zero-order chi connectivity index (χ0) is 19.5. The molecule has 0 aromatic carbocycles. The van der Waals surface area contributed by atoms with Gasteiger partial charge in [-0.2, -0.15) is 26.1 Å². The lowest BCUT2D eigenvalue weighted by atomic mass is 10.2. The third-order valence-electron chi connectivity index (χ3n) is 4.66. The first-order chi connectivity index (χ1) is 14.4. The fraction of sp³-hybridized carbons (Fsp3) is 0.200. The van der Waals surface area contributed by atoms with Crippen LogP contribution in [0.15, 0.2) is 58.6 Å². The largest absolute Gasteiger partial charge is 0.378 e. The maximum Gasteiger partial charge on any atom is 0.160 e. The van der Waals surface area contributed by atoms with Gasteiger partial charge in [-0.1, -0.05) is 0 Å². The van der Waals surface area contributed by atoms with E-state index >= 15 is 0 Å². The SMILES string of the molecule is C(=NNc1cc(N2CCOCC2)n2nc(-c3ccncc3)cc2n1)c1ccsc1. The summed E-state index contributed by atoms with van der Waals surface area (Å²) >= 11 is 1.64. The first-order valence-corrected chi connectivity index (χ1v) is 10.3. The molecule has 0 unspecified atom stereocenters. The molecule has 29 heavy (non-hydrogen) atoms. The van der Waals surface area contributed by atoms with Crippen molar-refractivity contribution in [2.24, 2.45) is 5.10 Å². The molecule has 146 valence electrons. The quantitative estimate of drug-likeness (QED) is 0.406. The number of ether oxygens (including phenoxy) is 1. The molecule has 1 aliphatic heterocycles. The second-order valence-electron chi connectivity index (χ2n) is 6.56. The molecule has 9 heteroatoms. The Morgan fingerprint density at radius 2 is 2.00 bits per heavy atom. The average molecular weight is 405 g/mol. The van der Waals surface area contributed by atoms with Crippen LogP contribution in [0.3, 0.4) is 0 Å². The summed E-state index contributed by atoms with van der Waals surface area (Å²) in [5, 5.41) is 13.2. The summed E-state index contributed by atoms with van der Waals surface area (Å²) in [7, 11) is 0. The minimum Gasteiger partial charge on any atom is -0.378 e. The van der Waals surface area contributed by atoms with E-state index in [2.05, 4.69) is 20.4 Å². The van der Waals surface area contributed by atoms with Gasteiger partial charge in [0.15, 0.2) is 11.5 Å². The molecule has 5 rings (SSSR count). The third-order valence-corrected chi connectivity index (χ3v) is 5.36. The van der Waals surface area contributed by atoms with Gasteiger partial charge in [0.25, 0.3) is 0 Å². The van der Waals surface area contributed by atoms with Crippen LogP contribution in [0.5, 0.6) is 0 Å². The van der Waals surface area contributed by atoms with E-state index in [1.165, 1.54) is 0 Å². The van der Waals surface area contributed by atoms with Gasteiger partial charge >= 0.3 is 0 Å². The molecule has 4 aromatic rings. The summed E-state index contributed by atoms with van der Waals surface area (Å²) in [6.45, 7) is 3.01. The van der Waals surface area contributed by atoms with Crippen molar-refractivity contribution in [3.8, 4) is 11.3 Å². The predicted molar refractivity (Wildman–Crippen MR) is 115 cm³/mol. The number of morpholine rings is 1. The lowest BCUT2D eigenvalue weighted by molar-refractivity contribution is 0.122. The Kier molecular flexibility index (Phi) is 4.89. The Labute approximate surface area is 171 Å². The molecule has 1 N–H and O–H groups in total. The van der Waals surface area contributed by atoms with Gasteiger partial charge in [0, 0.05) is 48.7 Å². The van der Waals surface area contributed by atoms with Gasteiger partial charge in [0.1, 0.15) is 5.82 Å². The molecule has 0 atom stereocenters. The standard InChI is InChI=1S/C20H19N7OS/c1-4-21-5-2-16(1)17-11-19-23-18(24-22-13-15-3-10-29-14-15)12-20(27(19)25-17)26-6-8-28-9-7-26/h1-5,10-14H,6-9H2,(H,23,24). The fourth-order valence-electron chi connectivity index (χ4n) is 3.22. The number of fused-ring (bicyclic) bond motifs is 1. The normalized spacial score (nSPS) is 14.7. The fourth-order valence-corrected chi connectivity index (χ4v) is 3.83. The molecular formula is C20H19N7OS. The van der Waals surface area contributed by atoms with Gasteiger partial charge in [-0.15, -0.1) is 0 Å². The number of aromatic nitrogens is 4. The summed E-state index contributed by atoms with van der Waals surface area (Å²) in [6, 6.07) is 9.87. The summed E-state index contributed by atoms with van der Waals surface area (Å²) in [6.07, 6.45) is 5.32. The van der Waals surface area contributed by atoms with Crippen LogP contribution < -0.4 is 10.3 Å². The van der Waals surface area contributed by atoms with Crippen molar-refractivity contribution in [3.63, 3.8) is 0 Å². The van der Waals surface area contributed by atoms with Gasteiger partial charge in [-0.05, 0) is 29.0 Å². The van der Waals surface area contributed by atoms with E-state index in [1.807, 2.05) is 45.6 Å². The topological polar surface area (TPSA) is 79.9 Å². The van der Waals surface area contributed by atoms with Crippen LogP contribution in [0.1, 0.15) is 5.56 Å². The number of hydrazone groups is 1. The highest BCUT2D eigenvalue weighted by atomic mass is 32.1.